The number of halogens is 1. The van der Waals surface area contributed by atoms with Gasteiger partial charge in [-0.3, -0.25) is 4.79 Å². The lowest BCUT2D eigenvalue weighted by molar-refractivity contribution is 0.102. The van der Waals surface area contributed by atoms with Crippen molar-refractivity contribution in [2.45, 2.75) is 31.3 Å². The van der Waals surface area contributed by atoms with E-state index in [1.165, 1.54) is 4.90 Å². The van der Waals surface area contributed by atoms with E-state index in [1.807, 2.05) is 31.3 Å². The molecule has 2 aliphatic rings. The number of nitrogen functional groups attached to an aromatic ring is 1. The van der Waals surface area contributed by atoms with Gasteiger partial charge >= 0.3 is 12.1 Å². The Morgan fingerprint density at radius 3 is 2.68 bits per heavy atom. The molecule has 4 N–H and O–H groups in total. The fraction of sp³-hybridized carbons (Fsp3) is 0.393. The van der Waals surface area contributed by atoms with E-state index in [4.69, 9.17) is 22.1 Å². The largest absolute Gasteiger partial charge is 0.465 e. The van der Waals surface area contributed by atoms with Gasteiger partial charge in [-0.25, -0.2) is 4.79 Å². The van der Waals surface area contributed by atoms with E-state index in [0.717, 1.165) is 24.8 Å². The van der Waals surface area contributed by atoms with E-state index in [2.05, 4.69) is 26.3 Å². The van der Waals surface area contributed by atoms with Crippen LogP contribution in [-0.4, -0.2) is 88.8 Å². The molecule has 0 aliphatic carbocycles. The molecular formula is C28H31ClN8O4. The number of fused-ring (bicyclic) bond motifs is 1. The molecule has 41 heavy (non-hydrogen) atoms. The minimum absolute atomic E-state index is 0.000342. The molecule has 214 valence electrons. The minimum atomic E-state index is -1.10. The van der Waals surface area contributed by atoms with Gasteiger partial charge in [0.05, 0.1) is 29.2 Å². The van der Waals surface area contributed by atoms with Crippen LogP contribution in [0.3, 0.4) is 0 Å². The highest BCUT2D eigenvalue weighted by Crippen LogP contribution is 2.33. The summed E-state index contributed by atoms with van der Waals surface area (Å²) in [5.74, 6) is -0.317. The number of carbonyl (C=O) groups excluding carboxylic acids is 1. The van der Waals surface area contributed by atoms with Crippen LogP contribution >= 0.6 is 11.6 Å². The Morgan fingerprint density at radius 2 is 1.98 bits per heavy atom. The number of carboxylic acid groups (broad SMARTS) is 1. The number of hydrogen-bond acceptors (Lipinski definition) is 9. The number of carbonyl (C=O) groups is 2. The first-order valence-electron chi connectivity index (χ1n) is 13.4. The van der Waals surface area contributed by atoms with Crippen molar-refractivity contribution < 1.29 is 19.4 Å². The summed E-state index contributed by atoms with van der Waals surface area (Å²) in [4.78, 5) is 39.6. The monoisotopic (exact) mass is 578 g/mol. The topological polar surface area (TPSA) is 161 Å². The van der Waals surface area contributed by atoms with Crippen LogP contribution in [0, 0.1) is 11.3 Å². The third kappa shape index (κ3) is 5.91. The molecule has 2 unspecified atom stereocenters. The molecule has 0 bridgehead atoms. The Hall–Kier alpha value is -4.34. The van der Waals surface area contributed by atoms with Crippen molar-refractivity contribution in [2.24, 2.45) is 0 Å². The number of likely N-dealkylation sites (tertiary alicyclic amines) is 1. The summed E-state index contributed by atoms with van der Waals surface area (Å²) < 4.78 is 6.01. The van der Waals surface area contributed by atoms with Crippen molar-refractivity contribution in [1.82, 2.24) is 19.8 Å². The van der Waals surface area contributed by atoms with Crippen LogP contribution in [-0.2, 0) is 0 Å². The number of nitrogens with zero attached hydrogens (tertiary/aromatic N) is 6. The van der Waals surface area contributed by atoms with E-state index in [1.54, 1.807) is 17.0 Å². The molecule has 0 radical (unpaired) electrons. The lowest BCUT2D eigenvalue weighted by Gasteiger charge is -2.40. The van der Waals surface area contributed by atoms with Crippen molar-refractivity contribution in [1.29, 1.82) is 5.26 Å². The lowest BCUT2D eigenvalue weighted by Crippen LogP contribution is -2.55. The highest BCUT2D eigenvalue weighted by molar-refractivity contribution is 6.37. The smallest absolute Gasteiger partial charge is 0.407 e. The number of anilines is 3. The van der Waals surface area contributed by atoms with Crippen LogP contribution in [0.15, 0.2) is 36.4 Å². The van der Waals surface area contributed by atoms with Gasteiger partial charge in [0, 0.05) is 31.1 Å². The highest BCUT2D eigenvalue weighted by Gasteiger charge is 2.33. The molecule has 3 heterocycles. The summed E-state index contributed by atoms with van der Waals surface area (Å²) in [5, 5.41) is 23.8. The maximum Gasteiger partial charge on any atom is 0.407 e. The zero-order chi connectivity index (χ0) is 29.1. The molecule has 2 amide bonds. The van der Waals surface area contributed by atoms with Gasteiger partial charge in [0.25, 0.3) is 5.91 Å². The predicted molar refractivity (Wildman–Crippen MR) is 155 cm³/mol. The first-order valence-corrected chi connectivity index (χ1v) is 13.7. The summed E-state index contributed by atoms with van der Waals surface area (Å²) in [6, 6.07) is 12.6. The number of nitriles is 1. The first-order chi connectivity index (χ1) is 19.8. The maximum absolute atomic E-state index is 13.7. The van der Waals surface area contributed by atoms with E-state index in [0.29, 0.717) is 22.7 Å². The zero-order valence-corrected chi connectivity index (χ0v) is 23.3. The van der Waals surface area contributed by atoms with Gasteiger partial charge < -0.3 is 35.6 Å². The summed E-state index contributed by atoms with van der Waals surface area (Å²) in [5.41, 5.74) is 6.97. The molecule has 13 heteroatoms. The number of hydrogen-bond donors (Lipinski definition) is 3. The zero-order valence-electron chi connectivity index (χ0n) is 22.6. The van der Waals surface area contributed by atoms with Crippen molar-refractivity contribution >= 4 is 51.6 Å². The Labute approximate surface area is 242 Å². The quantitative estimate of drug-likeness (QED) is 0.377. The molecular weight excluding hydrogens is 548 g/mol. The number of rotatable bonds is 7. The van der Waals surface area contributed by atoms with Crippen LogP contribution in [0.5, 0.6) is 6.01 Å². The third-order valence-corrected chi connectivity index (χ3v) is 7.97. The van der Waals surface area contributed by atoms with E-state index in [9.17, 15) is 20.0 Å². The number of piperazine rings is 1. The molecule has 1 aromatic heterocycles. The molecule has 5 rings (SSSR count). The normalized spacial score (nSPS) is 19.2. The SMILES string of the molecule is CN1CCCC1COc1nc(C(=O)Nc2cccc3cccc(Cl)c23)c(N)c(N2CCN(C(=O)O)C(CC#N)C2)n1. The number of nitrogens with one attached hydrogen (secondary N) is 1. The van der Waals surface area contributed by atoms with Gasteiger partial charge in [0.1, 0.15) is 12.3 Å². The van der Waals surface area contributed by atoms with Gasteiger partial charge in [-0.2, -0.15) is 15.2 Å². The Morgan fingerprint density at radius 1 is 1.20 bits per heavy atom. The van der Waals surface area contributed by atoms with Crippen molar-refractivity contribution in [3.8, 4) is 12.1 Å². The average Bonchev–Trinajstić information content (AvgIpc) is 3.37. The first kappa shape index (κ1) is 28.2. The van der Waals surface area contributed by atoms with Crippen LogP contribution in [0.25, 0.3) is 10.8 Å². The van der Waals surface area contributed by atoms with Crippen LogP contribution < -0.4 is 20.7 Å². The molecule has 0 saturated carbocycles. The van der Waals surface area contributed by atoms with Gasteiger partial charge in [0.2, 0.25) is 0 Å². The van der Waals surface area contributed by atoms with E-state index >= 15 is 0 Å². The predicted octanol–water partition coefficient (Wildman–Crippen LogP) is 3.67. The second kappa shape index (κ2) is 12.0. The van der Waals surface area contributed by atoms with Crippen LogP contribution in [0.1, 0.15) is 29.8 Å². The van der Waals surface area contributed by atoms with Gasteiger partial charge in [-0.1, -0.05) is 35.9 Å². The van der Waals surface area contributed by atoms with Crippen molar-refractivity contribution in [3.63, 3.8) is 0 Å². The number of amides is 2. The van der Waals surface area contributed by atoms with Gasteiger partial charge in [-0.05, 0) is 44.0 Å². The molecule has 2 saturated heterocycles. The summed E-state index contributed by atoms with van der Waals surface area (Å²) in [6.45, 7) is 1.89. The number of likely N-dealkylation sites (N-methyl/N-ethyl adjacent to an activating group) is 1. The molecule has 2 fully saturated rings. The summed E-state index contributed by atoms with van der Waals surface area (Å²) >= 11 is 6.46. The van der Waals surface area contributed by atoms with Crippen molar-refractivity contribution in [2.75, 3.05) is 55.8 Å². The average molecular weight is 579 g/mol. The Kier molecular flexibility index (Phi) is 8.28. The number of ether oxygens (including phenoxy) is 1. The minimum Gasteiger partial charge on any atom is -0.465 e. The highest BCUT2D eigenvalue weighted by atomic mass is 35.5. The van der Waals surface area contributed by atoms with Crippen LogP contribution in [0.2, 0.25) is 5.02 Å². The fourth-order valence-corrected chi connectivity index (χ4v) is 5.72. The summed E-state index contributed by atoms with van der Waals surface area (Å²) in [6.07, 6.45) is 0.938. The fourth-order valence-electron chi connectivity index (χ4n) is 5.44. The molecule has 2 aliphatic heterocycles. The molecule has 2 atom stereocenters. The number of benzene rings is 2. The standard InChI is InChI=1S/C28H31ClN8O4/c1-35-12-4-7-19(35)16-41-27-33-24(26(38)32-21-9-3-6-17-5-2-8-20(29)22(17)21)23(31)25(34-27)36-13-14-37(28(39)40)18(15-36)10-11-30/h2-3,5-6,8-9,18-19H,4,7,10,12-16,31H2,1H3,(H,32,38)(H,39,40). The van der Waals surface area contributed by atoms with Gasteiger partial charge in [0.15, 0.2) is 11.5 Å². The number of aromatic nitrogens is 2. The van der Waals surface area contributed by atoms with Crippen LogP contribution in [0.4, 0.5) is 22.0 Å². The summed E-state index contributed by atoms with van der Waals surface area (Å²) in [7, 11) is 2.03. The second-order valence-corrected chi connectivity index (χ2v) is 10.6. The molecule has 3 aromatic rings. The number of nitrogens with two attached hydrogens (primary N) is 1. The van der Waals surface area contributed by atoms with E-state index in [-0.39, 0.29) is 55.3 Å². The Balaban J connectivity index is 1.49. The van der Waals surface area contributed by atoms with Gasteiger partial charge in [-0.15, -0.1) is 0 Å². The lowest BCUT2D eigenvalue weighted by atomic mass is 10.1. The third-order valence-electron chi connectivity index (χ3n) is 7.65. The van der Waals surface area contributed by atoms with E-state index < -0.39 is 18.0 Å². The Bertz CT molecular complexity index is 1510. The molecule has 0 spiro atoms. The second-order valence-electron chi connectivity index (χ2n) is 10.2. The maximum atomic E-state index is 13.7. The van der Waals surface area contributed by atoms with Crippen molar-refractivity contribution in [3.05, 3.63) is 47.1 Å². The molecule has 12 nitrogen and oxygen atoms in total. The molecule has 2 aromatic carbocycles.